The number of urea groups is 1. The molecule has 0 aliphatic heterocycles. The molecule has 174 valence electrons. The summed E-state index contributed by atoms with van der Waals surface area (Å²) in [5.74, 6) is -1.54. The van der Waals surface area contributed by atoms with Gasteiger partial charge in [0.2, 0.25) is 5.75 Å². The van der Waals surface area contributed by atoms with Crippen LogP contribution in [0.5, 0.6) is 17.2 Å². The second-order valence-corrected chi connectivity index (χ2v) is 7.55. The quantitative estimate of drug-likeness (QED) is 0.313. The van der Waals surface area contributed by atoms with Crippen LogP contribution in [0.25, 0.3) is 22.0 Å². The van der Waals surface area contributed by atoms with Crippen molar-refractivity contribution in [2.45, 2.75) is 0 Å². The van der Waals surface area contributed by atoms with Gasteiger partial charge in [0.05, 0.1) is 37.3 Å². The van der Waals surface area contributed by atoms with Crippen LogP contribution >= 0.6 is 11.6 Å². The summed E-state index contributed by atoms with van der Waals surface area (Å²) in [6.07, 6.45) is 1.39. The van der Waals surface area contributed by atoms with Crippen LogP contribution in [0.1, 0.15) is 0 Å². The fourth-order valence-electron chi connectivity index (χ4n) is 3.53. The molecule has 0 unspecified atom stereocenters. The van der Waals surface area contributed by atoms with E-state index in [-0.39, 0.29) is 22.9 Å². The molecule has 10 heteroatoms. The summed E-state index contributed by atoms with van der Waals surface area (Å²) in [5.41, 5.74) is 1.21. The van der Waals surface area contributed by atoms with Gasteiger partial charge in [-0.15, -0.1) is 0 Å². The number of hydrogen-bond donors (Lipinski definition) is 3. The first-order valence-corrected chi connectivity index (χ1v) is 10.3. The number of aromatic hydroxyl groups is 1. The number of fused-ring (bicyclic) bond motifs is 1. The van der Waals surface area contributed by atoms with Crippen LogP contribution in [-0.2, 0) is 0 Å². The van der Waals surface area contributed by atoms with Gasteiger partial charge in [-0.3, -0.25) is 4.98 Å². The van der Waals surface area contributed by atoms with E-state index in [1.165, 1.54) is 20.4 Å². The fraction of sp³-hybridized carbons (Fsp3) is 0.0833. The highest BCUT2D eigenvalue weighted by Gasteiger charge is 2.21. The molecule has 7 nitrogen and oxygen atoms in total. The molecular weight excluding hydrogens is 468 g/mol. The molecule has 1 aromatic heterocycles. The van der Waals surface area contributed by atoms with Crippen LogP contribution in [0, 0.1) is 11.6 Å². The molecular formula is C24H18ClF2N3O4. The van der Waals surface area contributed by atoms with Gasteiger partial charge in [-0.1, -0.05) is 11.6 Å². The minimum absolute atomic E-state index is 0.0933. The summed E-state index contributed by atoms with van der Waals surface area (Å²) in [6.45, 7) is 0. The zero-order valence-electron chi connectivity index (χ0n) is 17.9. The van der Waals surface area contributed by atoms with E-state index in [0.29, 0.717) is 38.9 Å². The minimum atomic E-state index is -0.934. The lowest BCUT2D eigenvalue weighted by molar-refractivity contribution is 0.262. The van der Waals surface area contributed by atoms with Crippen LogP contribution in [-0.4, -0.2) is 30.3 Å². The van der Waals surface area contributed by atoms with E-state index >= 15 is 0 Å². The number of carbonyl (C=O) groups is 1. The van der Waals surface area contributed by atoms with Gasteiger partial charge < -0.3 is 25.2 Å². The average molecular weight is 486 g/mol. The Kier molecular flexibility index (Phi) is 6.38. The molecule has 0 saturated heterocycles. The monoisotopic (exact) mass is 485 g/mol. The minimum Gasteiger partial charge on any atom is -0.504 e. The number of aromatic nitrogens is 1. The molecule has 2 amide bonds. The molecule has 34 heavy (non-hydrogen) atoms. The molecule has 0 atom stereocenters. The van der Waals surface area contributed by atoms with Crippen LogP contribution < -0.4 is 20.1 Å². The third-order valence-corrected chi connectivity index (χ3v) is 5.28. The highest BCUT2D eigenvalue weighted by molar-refractivity contribution is 6.31. The first-order chi connectivity index (χ1) is 16.3. The molecule has 0 aliphatic rings. The van der Waals surface area contributed by atoms with Gasteiger partial charge >= 0.3 is 6.03 Å². The number of phenols is 1. The molecule has 0 aliphatic carbocycles. The second kappa shape index (κ2) is 9.40. The van der Waals surface area contributed by atoms with Crippen molar-refractivity contribution in [3.05, 3.63) is 71.4 Å². The topological polar surface area (TPSA) is 92.7 Å². The SMILES string of the molecule is COc1ccc(-c2c(NC(=O)Nc3ccc(F)cc3F)cnc3ccc(Cl)cc23)c(O)c1OC. The number of nitrogens with zero attached hydrogens (tertiary/aromatic N) is 1. The highest BCUT2D eigenvalue weighted by atomic mass is 35.5. The summed E-state index contributed by atoms with van der Waals surface area (Å²) in [7, 11) is 2.82. The molecule has 0 spiro atoms. The lowest BCUT2D eigenvalue weighted by Crippen LogP contribution is -2.20. The van der Waals surface area contributed by atoms with Gasteiger partial charge in [0, 0.05) is 27.6 Å². The molecule has 4 rings (SSSR count). The predicted molar refractivity (Wildman–Crippen MR) is 126 cm³/mol. The number of methoxy groups -OCH3 is 2. The number of hydrogen-bond acceptors (Lipinski definition) is 5. The van der Waals surface area contributed by atoms with Crippen molar-refractivity contribution in [3.8, 4) is 28.4 Å². The van der Waals surface area contributed by atoms with Gasteiger partial charge in [-0.2, -0.15) is 0 Å². The van der Waals surface area contributed by atoms with Crippen LogP contribution in [0.15, 0.2) is 54.7 Å². The van der Waals surface area contributed by atoms with E-state index in [1.807, 2.05) is 0 Å². The van der Waals surface area contributed by atoms with E-state index in [0.717, 1.165) is 12.1 Å². The average Bonchev–Trinajstić information content (AvgIpc) is 2.81. The lowest BCUT2D eigenvalue weighted by Gasteiger charge is -2.18. The summed E-state index contributed by atoms with van der Waals surface area (Å²) in [6, 6.07) is 10.1. The van der Waals surface area contributed by atoms with Gasteiger partial charge in [0.1, 0.15) is 11.6 Å². The van der Waals surface area contributed by atoms with Crippen molar-refractivity contribution < 1.29 is 28.2 Å². The Morgan fingerprint density at radius 3 is 2.47 bits per heavy atom. The van der Waals surface area contributed by atoms with Crippen LogP contribution in [0.4, 0.5) is 25.0 Å². The van der Waals surface area contributed by atoms with Crippen LogP contribution in [0.2, 0.25) is 5.02 Å². The van der Waals surface area contributed by atoms with E-state index in [4.69, 9.17) is 21.1 Å². The van der Waals surface area contributed by atoms with E-state index in [9.17, 15) is 18.7 Å². The van der Waals surface area contributed by atoms with E-state index < -0.39 is 17.7 Å². The third-order valence-electron chi connectivity index (χ3n) is 5.05. The number of ether oxygens (including phenoxy) is 2. The van der Waals surface area contributed by atoms with Crippen molar-refractivity contribution in [2.24, 2.45) is 0 Å². The molecule has 0 saturated carbocycles. The van der Waals surface area contributed by atoms with Crippen molar-refractivity contribution in [1.82, 2.24) is 4.98 Å². The lowest BCUT2D eigenvalue weighted by atomic mass is 9.98. The number of phenolic OH excluding ortho intramolecular Hbond substituents is 1. The van der Waals surface area contributed by atoms with Gasteiger partial charge in [0.15, 0.2) is 11.5 Å². The zero-order chi connectivity index (χ0) is 24.4. The Labute approximate surface area is 197 Å². The number of anilines is 2. The standard InChI is InChI=1S/C24H18ClF2N3O4/c1-33-20-8-5-14(22(31)23(20)34-2)21-15-9-12(25)3-6-17(15)28-11-19(21)30-24(32)29-18-7-4-13(26)10-16(18)27/h3-11,31H,1-2H3,(H2,29,30,32). The Bertz CT molecular complexity index is 1420. The molecule has 3 N–H and O–H groups in total. The molecule has 0 bridgehead atoms. The zero-order valence-corrected chi connectivity index (χ0v) is 18.7. The fourth-order valence-corrected chi connectivity index (χ4v) is 3.70. The number of carbonyl (C=O) groups excluding carboxylic acids is 1. The number of pyridine rings is 1. The number of nitrogens with one attached hydrogen (secondary N) is 2. The molecule has 1 heterocycles. The van der Waals surface area contributed by atoms with Crippen molar-refractivity contribution >= 4 is 39.9 Å². The van der Waals surface area contributed by atoms with Crippen molar-refractivity contribution in [1.29, 1.82) is 0 Å². The summed E-state index contributed by atoms with van der Waals surface area (Å²) < 4.78 is 37.7. The van der Waals surface area contributed by atoms with E-state index in [2.05, 4.69) is 15.6 Å². The smallest absolute Gasteiger partial charge is 0.323 e. The van der Waals surface area contributed by atoms with Gasteiger partial charge in [0.25, 0.3) is 0 Å². The Hall–Kier alpha value is -4.11. The third kappa shape index (κ3) is 4.38. The van der Waals surface area contributed by atoms with E-state index in [1.54, 1.807) is 30.3 Å². The molecule has 4 aromatic rings. The molecule has 0 fully saturated rings. The summed E-state index contributed by atoms with van der Waals surface area (Å²) in [4.78, 5) is 17.0. The highest BCUT2D eigenvalue weighted by Crippen LogP contribution is 2.47. The maximum absolute atomic E-state index is 14.0. The number of benzene rings is 3. The van der Waals surface area contributed by atoms with Gasteiger partial charge in [-0.05, 0) is 42.5 Å². The first-order valence-electron chi connectivity index (χ1n) is 9.88. The molecule has 3 aromatic carbocycles. The predicted octanol–water partition coefficient (Wildman–Crippen LogP) is 6.20. The van der Waals surface area contributed by atoms with Gasteiger partial charge in [-0.25, -0.2) is 13.6 Å². The summed E-state index contributed by atoms with van der Waals surface area (Å²) >= 11 is 6.21. The van der Waals surface area contributed by atoms with Crippen molar-refractivity contribution in [2.75, 3.05) is 24.9 Å². The number of halogens is 3. The maximum atomic E-state index is 14.0. The summed E-state index contributed by atoms with van der Waals surface area (Å²) in [5, 5.41) is 16.8. The number of rotatable bonds is 5. The maximum Gasteiger partial charge on any atom is 0.323 e. The van der Waals surface area contributed by atoms with Crippen LogP contribution in [0.3, 0.4) is 0 Å². The van der Waals surface area contributed by atoms with Crippen molar-refractivity contribution in [3.63, 3.8) is 0 Å². The molecule has 0 radical (unpaired) electrons. The largest absolute Gasteiger partial charge is 0.504 e. The number of amides is 2. The first kappa shape index (κ1) is 23.1. The normalized spacial score (nSPS) is 10.7. The second-order valence-electron chi connectivity index (χ2n) is 7.11. The Morgan fingerprint density at radius 2 is 1.76 bits per heavy atom. The Morgan fingerprint density at radius 1 is 1.00 bits per heavy atom. The Balaban J connectivity index is 1.84.